The number of hydrogen-bond acceptors (Lipinski definition) is 4. The van der Waals surface area contributed by atoms with Gasteiger partial charge in [-0.25, -0.2) is 0 Å². The predicted molar refractivity (Wildman–Crippen MR) is 89.4 cm³/mol. The molecule has 126 valence electrons. The molecule has 0 unspecified atom stereocenters. The van der Waals surface area contributed by atoms with Crippen LogP contribution in [0.15, 0.2) is 16.8 Å². The molecule has 2 aliphatic rings. The Morgan fingerprint density at radius 1 is 1.43 bits per heavy atom. The summed E-state index contributed by atoms with van der Waals surface area (Å²) < 4.78 is 5.85. The fourth-order valence-corrected chi connectivity index (χ4v) is 4.48. The fourth-order valence-electron chi connectivity index (χ4n) is 3.85. The first-order chi connectivity index (χ1) is 11.0. The third-order valence-corrected chi connectivity index (χ3v) is 5.75. The van der Waals surface area contributed by atoms with Gasteiger partial charge in [0.1, 0.15) is 0 Å². The molecule has 1 aromatic heterocycles. The largest absolute Gasteiger partial charge is 0.377 e. The van der Waals surface area contributed by atoms with E-state index in [4.69, 9.17) is 4.74 Å². The molecule has 1 aliphatic heterocycles. The number of carbonyl (C=O) groups is 2. The second-order valence-corrected chi connectivity index (χ2v) is 7.76. The average molecular weight is 336 g/mol. The third-order valence-electron chi connectivity index (χ3n) is 5.07. The Kier molecular flexibility index (Phi) is 4.73. The minimum Gasteiger partial charge on any atom is -0.377 e. The number of rotatable bonds is 5. The molecule has 23 heavy (non-hydrogen) atoms. The molecule has 5 nitrogen and oxygen atoms in total. The molecule has 1 saturated carbocycles. The van der Waals surface area contributed by atoms with Crippen LogP contribution in [0.3, 0.4) is 0 Å². The normalized spacial score (nSPS) is 28.3. The minimum absolute atomic E-state index is 0.00211. The van der Waals surface area contributed by atoms with Crippen LogP contribution in [0.4, 0.5) is 0 Å². The van der Waals surface area contributed by atoms with Crippen molar-refractivity contribution in [1.29, 1.82) is 0 Å². The van der Waals surface area contributed by atoms with E-state index in [1.807, 2.05) is 5.38 Å². The van der Waals surface area contributed by atoms with E-state index in [-0.39, 0.29) is 29.4 Å². The lowest BCUT2D eigenvalue weighted by molar-refractivity contribution is -0.193. The zero-order valence-corrected chi connectivity index (χ0v) is 14.4. The van der Waals surface area contributed by atoms with Crippen molar-refractivity contribution in [2.24, 2.45) is 11.3 Å². The molecular weight excluding hydrogens is 312 g/mol. The van der Waals surface area contributed by atoms with Crippen molar-refractivity contribution in [1.82, 2.24) is 10.6 Å². The van der Waals surface area contributed by atoms with Gasteiger partial charge in [0.2, 0.25) is 5.91 Å². The standard InChI is InChI=1S/C17H24N2O3S/c1-17(2)14(12-4-3-8-22-15(12)17)19-13(20)5-7-18-16(21)11-6-9-23-10-11/h6,9-10,12,14-15H,3-5,7-8H2,1-2H3,(H,18,21)(H,19,20)/t12-,14-,15-/m1/s1. The number of carbonyl (C=O) groups excluding carboxylic acids is 2. The Hall–Kier alpha value is -1.40. The van der Waals surface area contributed by atoms with Crippen LogP contribution in [0.5, 0.6) is 0 Å². The summed E-state index contributed by atoms with van der Waals surface area (Å²) in [4.78, 5) is 24.0. The summed E-state index contributed by atoms with van der Waals surface area (Å²) in [6, 6.07) is 1.95. The van der Waals surface area contributed by atoms with E-state index in [9.17, 15) is 9.59 Å². The number of amides is 2. The van der Waals surface area contributed by atoms with Gasteiger partial charge in [-0.2, -0.15) is 11.3 Å². The van der Waals surface area contributed by atoms with Gasteiger partial charge >= 0.3 is 0 Å². The first kappa shape index (κ1) is 16.5. The summed E-state index contributed by atoms with van der Waals surface area (Å²) in [7, 11) is 0. The minimum atomic E-state index is -0.122. The molecule has 2 fully saturated rings. The molecule has 0 bridgehead atoms. The molecule has 2 amide bonds. The van der Waals surface area contributed by atoms with E-state index < -0.39 is 0 Å². The van der Waals surface area contributed by atoms with E-state index in [2.05, 4.69) is 24.5 Å². The summed E-state index contributed by atoms with van der Waals surface area (Å²) in [5.41, 5.74) is 0.637. The fraction of sp³-hybridized carbons (Fsp3) is 0.647. The Morgan fingerprint density at radius 2 is 2.26 bits per heavy atom. The lowest BCUT2D eigenvalue weighted by Gasteiger charge is -2.59. The van der Waals surface area contributed by atoms with Crippen molar-refractivity contribution in [2.45, 2.75) is 45.3 Å². The molecule has 1 aliphatic carbocycles. The van der Waals surface area contributed by atoms with Gasteiger partial charge in [-0.05, 0) is 24.3 Å². The Morgan fingerprint density at radius 3 is 3.00 bits per heavy atom. The van der Waals surface area contributed by atoms with Gasteiger partial charge in [-0.1, -0.05) is 13.8 Å². The average Bonchev–Trinajstić information content (AvgIpc) is 3.07. The second kappa shape index (κ2) is 6.61. The van der Waals surface area contributed by atoms with Gasteiger partial charge in [0.15, 0.2) is 0 Å². The predicted octanol–water partition coefficient (Wildman–Crippen LogP) is 2.19. The smallest absolute Gasteiger partial charge is 0.252 e. The second-order valence-electron chi connectivity index (χ2n) is 6.98. The molecule has 2 N–H and O–H groups in total. The molecule has 0 spiro atoms. The third kappa shape index (κ3) is 3.28. The maximum atomic E-state index is 12.2. The van der Waals surface area contributed by atoms with Crippen molar-refractivity contribution in [3.8, 4) is 0 Å². The van der Waals surface area contributed by atoms with Crippen molar-refractivity contribution >= 4 is 23.2 Å². The van der Waals surface area contributed by atoms with Gasteiger partial charge in [-0.15, -0.1) is 0 Å². The quantitative estimate of drug-likeness (QED) is 0.866. The van der Waals surface area contributed by atoms with Crippen LogP contribution < -0.4 is 10.6 Å². The maximum absolute atomic E-state index is 12.2. The van der Waals surface area contributed by atoms with E-state index in [0.29, 0.717) is 24.4 Å². The van der Waals surface area contributed by atoms with Crippen molar-refractivity contribution < 1.29 is 14.3 Å². The molecule has 3 rings (SSSR count). The van der Waals surface area contributed by atoms with Crippen molar-refractivity contribution in [3.63, 3.8) is 0 Å². The van der Waals surface area contributed by atoms with Crippen LogP contribution in [-0.4, -0.2) is 37.1 Å². The molecule has 1 saturated heterocycles. The SMILES string of the molecule is CC1(C)[C@H](NC(=O)CCNC(=O)c2ccsc2)[C@H]2CCCO[C@H]21. The summed E-state index contributed by atoms with van der Waals surface area (Å²) in [6.45, 7) is 5.50. The lowest BCUT2D eigenvalue weighted by Crippen LogP contribution is -2.70. The highest BCUT2D eigenvalue weighted by molar-refractivity contribution is 7.08. The van der Waals surface area contributed by atoms with Gasteiger partial charge in [0, 0.05) is 47.9 Å². The molecule has 3 atom stereocenters. The van der Waals surface area contributed by atoms with Crippen molar-refractivity contribution in [3.05, 3.63) is 22.4 Å². The highest BCUT2D eigenvalue weighted by atomic mass is 32.1. The van der Waals surface area contributed by atoms with Crippen molar-refractivity contribution in [2.75, 3.05) is 13.2 Å². The Balaban J connectivity index is 1.43. The van der Waals surface area contributed by atoms with Gasteiger partial charge < -0.3 is 15.4 Å². The highest BCUT2D eigenvalue weighted by Gasteiger charge is 2.58. The molecule has 6 heteroatoms. The summed E-state index contributed by atoms with van der Waals surface area (Å²) in [5.74, 6) is 0.310. The maximum Gasteiger partial charge on any atom is 0.252 e. The van der Waals surface area contributed by atoms with Crippen LogP contribution in [0.1, 0.15) is 43.5 Å². The molecular formula is C17H24N2O3S. The van der Waals surface area contributed by atoms with Crippen LogP contribution in [0.2, 0.25) is 0 Å². The van der Waals surface area contributed by atoms with Crippen LogP contribution in [-0.2, 0) is 9.53 Å². The Labute approximate surface area is 140 Å². The van der Waals surface area contributed by atoms with E-state index >= 15 is 0 Å². The topological polar surface area (TPSA) is 67.4 Å². The molecule has 0 aromatic carbocycles. The van der Waals surface area contributed by atoms with E-state index in [1.165, 1.54) is 11.3 Å². The van der Waals surface area contributed by atoms with Gasteiger partial charge in [0.25, 0.3) is 5.91 Å². The summed E-state index contributed by atoms with van der Waals surface area (Å²) in [5, 5.41) is 9.60. The number of ether oxygens (including phenoxy) is 1. The van der Waals surface area contributed by atoms with E-state index in [0.717, 1.165) is 19.4 Å². The zero-order chi connectivity index (χ0) is 16.4. The first-order valence-corrected chi connectivity index (χ1v) is 9.16. The van der Waals surface area contributed by atoms with Crippen LogP contribution >= 0.6 is 11.3 Å². The van der Waals surface area contributed by atoms with Gasteiger partial charge in [0.05, 0.1) is 6.10 Å². The molecule has 2 heterocycles. The van der Waals surface area contributed by atoms with E-state index in [1.54, 1.807) is 11.4 Å². The number of fused-ring (bicyclic) bond motifs is 1. The number of hydrogen-bond donors (Lipinski definition) is 2. The highest BCUT2D eigenvalue weighted by Crippen LogP contribution is 2.51. The molecule has 1 aromatic rings. The number of thiophene rings is 1. The Bertz CT molecular complexity index is 570. The van der Waals surface area contributed by atoms with Gasteiger partial charge in [-0.3, -0.25) is 9.59 Å². The monoisotopic (exact) mass is 336 g/mol. The summed E-state index contributed by atoms with van der Waals surface area (Å²) >= 11 is 1.48. The lowest BCUT2D eigenvalue weighted by atomic mass is 9.55. The number of nitrogens with one attached hydrogen (secondary N) is 2. The summed E-state index contributed by atoms with van der Waals surface area (Å²) in [6.07, 6.45) is 2.76. The van der Waals surface area contributed by atoms with Crippen LogP contribution in [0, 0.1) is 11.3 Å². The van der Waals surface area contributed by atoms with Crippen LogP contribution in [0.25, 0.3) is 0 Å². The zero-order valence-electron chi connectivity index (χ0n) is 13.6. The first-order valence-electron chi connectivity index (χ1n) is 8.21. The molecule has 0 radical (unpaired) electrons.